The molecule has 1 aromatic carbocycles. The van der Waals surface area contributed by atoms with Crippen LogP contribution < -0.4 is 5.32 Å². The molecule has 3 rings (SSSR count). The number of carbonyl (C=O) groups is 1. The second kappa shape index (κ2) is 4.77. The van der Waals surface area contributed by atoms with Crippen molar-refractivity contribution >= 4 is 22.6 Å². The summed E-state index contributed by atoms with van der Waals surface area (Å²) in [7, 11) is 1.91. The number of hydrogen-bond acceptors (Lipinski definition) is 3. The van der Waals surface area contributed by atoms with E-state index in [1.807, 2.05) is 36.7 Å². The van der Waals surface area contributed by atoms with Gasteiger partial charge in [0.25, 0.3) is 5.91 Å². The fourth-order valence-corrected chi connectivity index (χ4v) is 2.09. The van der Waals surface area contributed by atoms with Gasteiger partial charge in [-0.15, -0.1) is 0 Å². The third-order valence-electron chi connectivity index (χ3n) is 3.14. The van der Waals surface area contributed by atoms with Gasteiger partial charge in [0.2, 0.25) is 0 Å². The predicted molar refractivity (Wildman–Crippen MR) is 77.6 cm³/mol. The van der Waals surface area contributed by atoms with Gasteiger partial charge in [-0.2, -0.15) is 0 Å². The molecule has 3 aromatic rings. The number of carbonyl (C=O) groups excluding carboxylic acids is 1. The number of benzene rings is 1. The van der Waals surface area contributed by atoms with Crippen molar-refractivity contribution in [2.75, 3.05) is 5.32 Å². The summed E-state index contributed by atoms with van der Waals surface area (Å²) in [6.45, 7) is 1.89. The lowest BCUT2D eigenvalue weighted by Crippen LogP contribution is -2.12. The molecule has 0 bridgehead atoms. The first-order valence-electron chi connectivity index (χ1n) is 6.28. The van der Waals surface area contributed by atoms with Gasteiger partial charge in [0.1, 0.15) is 0 Å². The Balaban J connectivity index is 1.90. The highest BCUT2D eigenvalue weighted by Gasteiger charge is 2.09. The highest BCUT2D eigenvalue weighted by atomic mass is 16.1. The van der Waals surface area contributed by atoms with Gasteiger partial charge in [0, 0.05) is 30.2 Å². The Hall–Kier alpha value is -2.69. The number of nitrogens with one attached hydrogen (secondary N) is 1. The molecule has 100 valence electrons. The molecule has 0 saturated heterocycles. The molecule has 0 aliphatic carbocycles. The first kappa shape index (κ1) is 12.3. The van der Waals surface area contributed by atoms with E-state index in [0.717, 1.165) is 22.4 Å². The molecule has 0 aliphatic heterocycles. The second-order valence-corrected chi connectivity index (χ2v) is 4.70. The molecule has 0 fully saturated rings. The zero-order valence-electron chi connectivity index (χ0n) is 11.3. The lowest BCUT2D eigenvalue weighted by molar-refractivity contribution is 0.102. The largest absolute Gasteiger partial charge is 0.334 e. The SMILES string of the molecule is Cc1cc(NC(=O)c2ccc3ncn(C)c3c2)ccn1. The van der Waals surface area contributed by atoms with E-state index in [-0.39, 0.29) is 5.91 Å². The molecule has 2 heterocycles. The van der Waals surface area contributed by atoms with Crippen molar-refractivity contribution in [1.82, 2.24) is 14.5 Å². The summed E-state index contributed by atoms with van der Waals surface area (Å²) in [6.07, 6.45) is 3.41. The third-order valence-corrected chi connectivity index (χ3v) is 3.14. The molecule has 0 spiro atoms. The van der Waals surface area contributed by atoms with Crippen LogP contribution in [0, 0.1) is 6.92 Å². The van der Waals surface area contributed by atoms with E-state index in [9.17, 15) is 4.79 Å². The van der Waals surface area contributed by atoms with Gasteiger partial charge in [0.05, 0.1) is 17.4 Å². The molecule has 5 nitrogen and oxygen atoms in total. The number of hydrogen-bond donors (Lipinski definition) is 1. The number of pyridine rings is 1. The summed E-state index contributed by atoms with van der Waals surface area (Å²) in [4.78, 5) is 20.6. The number of amides is 1. The van der Waals surface area contributed by atoms with Crippen LogP contribution in [0.15, 0.2) is 42.9 Å². The molecule has 0 unspecified atom stereocenters. The smallest absolute Gasteiger partial charge is 0.255 e. The van der Waals surface area contributed by atoms with Crippen LogP contribution in [0.25, 0.3) is 11.0 Å². The van der Waals surface area contributed by atoms with Crippen LogP contribution in [0.3, 0.4) is 0 Å². The van der Waals surface area contributed by atoms with Gasteiger partial charge >= 0.3 is 0 Å². The average molecular weight is 266 g/mol. The topological polar surface area (TPSA) is 59.8 Å². The average Bonchev–Trinajstić information content (AvgIpc) is 2.80. The fraction of sp³-hybridized carbons (Fsp3) is 0.133. The Labute approximate surface area is 116 Å². The van der Waals surface area contributed by atoms with Gasteiger partial charge in [-0.25, -0.2) is 4.98 Å². The summed E-state index contributed by atoms with van der Waals surface area (Å²) >= 11 is 0. The van der Waals surface area contributed by atoms with Gasteiger partial charge in [-0.05, 0) is 37.3 Å². The first-order valence-corrected chi connectivity index (χ1v) is 6.28. The molecule has 5 heteroatoms. The Morgan fingerprint density at radius 1 is 1.20 bits per heavy atom. The van der Waals surface area contributed by atoms with Crippen molar-refractivity contribution in [2.45, 2.75) is 6.92 Å². The Kier molecular flexibility index (Phi) is 2.95. The third kappa shape index (κ3) is 2.25. The number of aryl methyl sites for hydroxylation is 2. The summed E-state index contributed by atoms with van der Waals surface area (Å²) in [5.41, 5.74) is 4.03. The van der Waals surface area contributed by atoms with Crippen LogP contribution in [-0.4, -0.2) is 20.4 Å². The van der Waals surface area contributed by atoms with E-state index in [2.05, 4.69) is 15.3 Å². The minimum absolute atomic E-state index is 0.140. The lowest BCUT2D eigenvalue weighted by atomic mass is 10.2. The molecular weight excluding hydrogens is 252 g/mol. The van der Waals surface area contributed by atoms with E-state index in [1.54, 1.807) is 24.7 Å². The Morgan fingerprint density at radius 3 is 2.85 bits per heavy atom. The minimum atomic E-state index is -0.140. The van der Waals surface area contributed by atoms with E-state index >= 15 is 0 Å². The summed E-state index contributed by atoms with van der Waals surface area (Å²) < 4.78 is 1.89. The molecule has 0 aliphatic rings. The first-order chi connectivity index (χ1) is 9.63. The number of anilines is 1. The molecule has 0 saturated carbocycles. The number of nitrogens with zero attached hydrogens (tertiary/aromatic N) is 3. The molecule has 0 atom stereocenters. The molecular formula is C15H14N4O. The summed E-state index contributed by atoms with van der Waals surface area (Å²) in [5.74, 6) is -0.140. The van der Waals surface area contributed by atoms with Crippen molar-refractivity contribution in [3.63, 3.8) is 0 Å². The maximum absolute atomic E-state index is 12.2. The molecule has 1 amide bonds. The molecule has 1 N–H and O–H groups in total. The second-order valence-electron chi connectivity index (χ2n) is 4.70. The van der Waals surface area contributed by atoms with Gasteiger partial charge in [0.15, 0.2) is 0 Å². The zero-order valence-corrected chi connectivity index (χ0v) is 11.3. The van der Waals surface area contributed by atoms with Crippen molar-refractivity contribution in [2.24, 2.45) is 7.05 Å². The molecule has 20 heavy (non-hydrogen) atoms. The van der Waals surface area contributed by atoms with Crippen molar-refractivity contribution < 1.29 is 4.79 Å². The number of aromatic nitrogens is 3. The van der Waals surface area contributed by atoms with E-state index in [0.29, 0.717) is 5.56 Å². The summed E-state index contributed by atoms with van der Waals surface area (Å²) in [5, 5.41) is 2.87. The van der Waals surface area contributed by atoms with E-state index in [4.69, 9.17) is 0 Å². The van der Waals surface area contributed by atoms with Crippen LogP contribution in [0.4, 0.5) is 5.69 Å². The van der Waals surface area contributed by atoms with Crippen molar-refractivity contribution in [1.29, 1.82) is 0 Å². The lowest BCUT2D eigenvalue weighted by Gasteiger charge is -2.06. The van der Waals surface area contributed by atoms with Gasteiger partial charge in [-0.1, -0.05) is 0 Å². The molecule has 2 aromatic heterocycles. The number of imidazole rings is 1. The van der Waals surface area contributed by atoms with Crippen LogP contribution in [-0.2, 0) is 7.05 Å². The van der Waals surface area contributed by atoms with E-state index < -0.39 is 0 Å². The van der Waals surface area contributed by atoms with Crippen LogP contribution in [0.1, 0.15) is 16.1 Å². The number of fused-ring (bicyclic) bond motifs is 1. The summed E-state index contributed by atoms with van der Waals surface area (Å²) in [6, 6.07) is 9.07. The number of rotatable bonds is 2. The van der Waals surface area contributed by atoms with Gasteiger partial charge in [-0.3, -0.25) is 9.78 Å². The minimum Gasteiger partial charge on any atom is -0.334 e. The van der Waals surface area contributed by atoms with Crippen LogP contribution >= 0.6 is 0 Å². The zero-order chi connectivity index (χ0) is 14.1. The van der Waals surface area contributed by atoms with Crippen LogP contribution in [0.5, 0.6) is 0 Å². The maximum Gasteiger partial charge on any atom is 0.255 e. The highest BCUT2D eigenvalue weighted by Crippen LogP contribution is 2.15. The quantitative estimate of drug-likeness (QED) is 0.775. The predicted octanol–water partition coefficient (Wildman–Crippen LogP) is 2.53. The highest BCUT2D eigenvalue weighted by molar-refractivity contribution is 6.05. The van der Waals surface area contributed by atoms with E-state index in [1.165, 1.54) is 0 Å². The van der Waals surface area contributed by atoms with Gasteiger partial charge < -0.3 is 9.88 Å². The normalized spacial score (nSPS) is 10.7. The van der Waals surface area contributed by atoms with Crippen molar-refractivity contribution in [3.8, 4) is 0 Å². The fourth-order valence-electron chi connectivity index (χ4n) is 2.09. The Morgan fingerprint density at radius 2 is 2.05 bits per heavy atom. The Bertz CT molecular complexity index is 791. The van der Waals surface area contributed by atoms with Crippen molar-refractivity contribution in [3.05, 3.63) is 54.1 Å². The van der Waals surface area contributed by atoms with Crippen LogP contribution in [0.2, 0.25) is 0 Å². The standard InChI is InChI=1S/C15H14N4O/c1-10-7-12(5-6-16-10)18-15(20)11-3-4-13-14(8-11)19(2)9-17-13/h3-9H,1-2H3,(H,16,18,20). The molecule has 0 radical (unpaired) electrons. The monoisotopic (exact) mass is 266 g/mol. The maximum atomic E-state index is 12.2.